The van der Waals surface area contributed by atoms with E-state index in [0.717, 1.165) is 37.9 Å². The third-order valence-electron chi connectivity index (χ3n) is 4.55. The van der Waals surface area contributed by atoms with Crippen LogP contribution in [0, 0.1) is 0 Å². The van der Waals surface area contributed by atoms with E-state index >= 15 is 0 Å². The van der Waals surface area contributed by atoms with Gasteiger partial charge in [0.1, 0.15) is 12.7 Å². The summed E-state index contributed by atoms with van der Waals surface area (Å²) >= 11 is 0. The molecule has 1 aliphatic heterocycles. The highest BCUT2D eigenvalue weighted by molar-refractivity contribution is 5.94. The molecule has 0 saturated carbocycles. The molecule has 1 saturated heterocycles. The highest BCUT2D eigenvalue weighted by atomic mass is 19.4. The zero-order valence-corrected chi connectivity index (χ0v) is 14.3. The number of halogens is 3. The molecule has 2 aromatic rings. The van der Waals surface area contributed by atoms with Crippen LogP contribution in [0.4, 0.5) is 18.9 Å². The topological polar surface area (TPSA) is 63.1 Å². The third-order valence-corrected chi connectivity index (χ3v) is 4.55. The highest BCUT2D eigenvalue weighted by Crippen LogP contribution is 2.33. The minimum atomic E-state index is -4.50. The molecule has 6 nitrogen and oxygen atoms in total. The highest BCUT2D eigenvalue weighted by Gasteiger charge is 2.31. The predicted molar refractivity (Wildman–Crippen MR) is 89.9 cm³/mol. The quantitative estimate of drug-likeness (QED) is 0.902. The molecule has 1 aromatic heterocycles. The number of hydrogen-bond acceptors (Lipinski definition) is 4. The van der Waals surface area contributed by atoms with Gasteiger partial charge in [-0.3, -0.25) is 9.69 Å². The van der Waals surface area contributed by atoms with Crippen molar-refractivity contribution in [3.63, 3.8) is 0 Å². The average molecular weight is 367 g/mol. The summed E-state index contributed by atoms with van der Waals surface area (Å²) < 4.78 is 40.5. The van der Waals surface area contributed by atoms with Gasteiger partial charge in [-0.15, -0.1) is 0 Å². The monoisotopic (exact) mass is 367 g/mol. The second kappa shape index (κ2) is 7.45. The molecule has 1 aromatic carbocycles. The summed E-state index contributed by atoms with van der Waals surface area (Å²) in [7, 11) is 0. The molecule has 140 valence electrons. The SMILES string of the molecule is C[C@H]1CCCCN1CC(=O)Nc1cc(C(F)(F)F)ccc1-n1cncn1. The Bertz CT molecular complexity index is 760. The van der Waals surface area contributed by atoms with Gasteiger partial charge in [0.05, 0.1) is 23.5 Å². The van der Waals surface area contributed by atoms with Gasteiger partial charge in [0.25, 0.3) is 0 Å². The molecule has 1 aliphatic rings. The lowest BCUT2D eigenvalue weighted by Gasteiger charge is -2.32. The number of rotatable bonds is 4. The van der Waals surface area contributed by atoms with E-state index in [4.69, 9.17) is 0 Å². The van der Waals surface area contributed by atoms with Crippen LogP contribution in [-0.2, 0) is 11.0 Å². The van der Waals surface area contributed by atoms with Gasteiger partial charge in [-0.2, -0.15) is 18.3 Å². The molecule has 9 heteroatoms. The molecule has 0 unspecified atom stereocenters. The molecule has 3 rings (SSSR count). The first-order valence-electron chi connectivity index (χ1n) is 8.45. The number of nitrogens with one attached hydrogen (secondary N) is 1. The number of nitrogens with zero attached hydrogens (tertiary/aromatic N) is 4. The number of aromatic nitrogens is 3. The van der Waals surface area contributed by atoms with Gasteiger partial charge in [0, 0.05) is 6.04 Å². The fourth-order valence-electron chi connectivity index (χ4n) is 3.11. The molecule has 26 heavy (non-hydrogen) atoms. The molecule has 0 aliphatic carbocycles. The minimum absolute atomic E-state index is 0.0555. The summed E-state index contributed by atoms with van der Waals surface area (Å²) in [5.74, 6) is -0.348. The smallest absolute Gasteiger partial charge is 0.323 e. The summed E-state index contributed by atoms with van der Waals surface area (Å²) in [4.78, 5) is 18.3. The Hall–Kier alpha value is -2.42. The van der Waals surface area contributed by atoms with Crippen LogP contribution in [0.1, 0.15) is 31.7 Å². The standard InChI is InChI=1S/C17H20F3N5O/c1-12-4-2-3-7-24(12)9-16(26)23-14-8-13(17(18,19)20)5-6-15(14)25-11-21-10-22-25/h5-6,8,10-12H,2-4,7,9H2,1H3,(H,23,26)/t12-/m0/s1. The van der Waals surface area contributed by atoms with Crippen LogP contribution < -0.4 is 5.32 Å². The molecule has 0 bridgehead atoms. The van der Waals surface area contributed by atoms with Crippen molar-refractivity contribution in [1.29, 1.82) is 0 Å². The van der Waals surface area contributed by atoms with Crippen molar-refractivity contribution in [1.82, 2.24) is 19.7 Å². The molecule has 1 atom stereocenters. The Morgan fingerprint density at radius 2 is 2.15 bits per heavy atom. The van der Waals surface area contributed by atoms with Crippen molar-refractivity contribution >= 4 is 11.6 Å². The van der Waals surface area contributed by atoms with E-state index in [0.29, 0.717) is 5.69 Å². The fraction of sp³-hybridized carbons (Fsp3) is 0.471. The second-order valence-corrected chi connectivity index (χ2v) is 6.43. The van der Waals surface area contributed by atoms with Gasteiger partial charge in [0.2, 0.25) is 5.91 Å². The summed E-state index contributed by atoms with van der Waals surface area (Å²) in [5.41, 5.74) is -0.446. The maximum Gasteiger partial charge on any atom is 0.416 e. The minimum Gasteiger partial charge on any atom is -0.323 e. The number of benzene rings is 1. The van der Waals surface area contributed by atoms with Gasteiger partial charge >= 0.3 is 6.18 Å². The van der Waals surface area contributed by atoms with Gasteiger partial charge in [-0.25, -0.2) is 9.67 Å². The first-order chi connectivity index (χ1) is 12.3. The summed E-state index contributed by atoms with van der Waals surface area (Å²) in [6, 6.07) is 3.44. The molecule has 1 amide bonds. The zero-order chi connectivity index (χ0) is 18.7. The number of piperidine rings is 1. The lowest BCUT2D eigenvalue weighted by Crippen LogP contribution is -2.42. The molecule has 0 radical (unpaired) electrons. The van der Waals surface area contributed by atoms with Gasteiger partial charge < -0.3 is 5.32 Å². The van der Waals surface area contributed by atoms with E-state index in [2.05, 4.69) is 22.3 Å². The maximum absolute atomic E-state index is 13.0. The molecule has 1 N–H and O–H groups in total. The van der Waals surface area contributed by atoms with E-state index in [-0.39, 0.29) is 24.2 Å². The van der Waals surface area contributed by atoms with E-state index in [1.807, 2.05) is 4.90 Å². The molecular weight excluding hydrogens is 347 g/mol. The Labute approximate surface area is 149 Å². The third kappa shape index (κ3) is 4.21. The molecular formula is C17H20F3N5O. The number of likely N-dealkylation sites (tertiary alicyclic amines) is 1. The average Bonchev–Trinajstić information content (AvgIpc) is 3.10. The van der Waals surface area contributed by atoms with E-state index < -0.39 is 11.7 Å². The largest absolute Gasteiger partial charge is 0.416 e. The van der Waals surface area contributed by atoms with Crippen LogP contribution >= 0.6 is 0 Å². The maximum atomic E-state index is 13.0. The van der Waals surface area contributed by atoms with Crippen molar-refractivity contribution in [3.8, 4) is 5.69 Å². The Morgan fingerprint density at radius 3 is 2.81 bits per heavy atom. The Kier molecular flexibility index (Phi) is 5.26. The van der Waals surface area contributed by atoms with E-state index in [1.165, 1.54) is 23.4 Å². The number of alkyl halides is 3. The lowest BCUT2D eigenvalue weighted by molar-refractivity contribution is -0.137. The van der Waals surface area contributed by atoms with Crippen molar-refractivity contribution in [2.75, 3.05) is 18.4 Å². The van der Waals surface area contributed by atoms with E-state index in [9.17, 15) is 18.0 Å². The number of amides is 1. The lowest BCUT2D eigenvalue weighted by atomic mass is 10.0. The summed E-state index contributed by atoms with van der Waals surface area (Å²) in [6.07, 6.45) is 1.31. The van der Waals surface area contributed by atoms with Crippen molar-refractivity contribution in [2.45, 2.75) is 38.4 Å². The van der Waals surface area contributed by atoms with Gasteiger partial charge in [-0.05, 0) is 44.5 Å². The number of carbonyl (C=O) groups is 1. The number of hydrogen-bond donors (Lipinski definition) is 1. The van der Waals surface area contributed by atoms with Gasteiger partial charge in [-0.1, -0.05) is 6.42 Å². The van der Waals surface area contributed by atoms with Crippen LogP contribution in [0.2, 0.25) is 0 Å². The summed E-state index contributed by atoms with van der Waals surface area (Å²) in [5, 5.41) is 6.55. The molecule has 2 heterocycles. The summed E-state index contributed by atoms with van der Waals surface area (Å²) in [6.45, 7) is 3.01. The zero-order valence-electron chi connectivity index (χ0n) is 14.3. The first-order valence-corrected chi connectivity index (χ1v) is 8.45. The van der Waals surface area contributed by atoms with Crippen molar-refractivity contribution in [2.24, 2.45) is 0 Å². The Balaban J connectivity index is 1.83. The molecule has 0 spiro atoms. The van der Waals surface area contributed by atoms with Crippen LogP contribution in [0.15, 0.2) is 30.9 Å². The van der Waals surface area contributed by atoms with Crippen LogP contribution in [0.3, 0.4) is 0 Å². The van der Waals surface area contributed by atoms with Crippen molar-refractivity contribution in [3.05, 3.63) is 36.4 Å². The number of carbonyl (C=O) groups excluding carboxylic acids is 1. The predicted octanol–water partition coefficient (Wildman–Crippen LogP) is 3.10. The van der Waals surface area contributed by atoms with Crippen LogP contribution in [0.25, 0.3) is 5.69 Å². The molecule has 1 fully saturated rings. The van der Waals surface area contributed by atoms with Gasteiger partial charge in [0.15, 0.2) is 0 Å². The fourth-order valence-corrected chi connectivity index (χ4v) is 3.11. The normalized spacial score (nSPS) is 18.7. The first kappa shape index (κ1) is 18.4. The number of anilines is 1. The van der Waals surface area contributed by atoms with Crippen LogP contribution in [0.5, 0.6) is 0 Å². The Morgan fingerprint density at radius 1 is 1.35 bits per heavy atom. The van der Waals surface area contributed by atoms with Crippen molar-refractivity contribution < 1.29 is 18.0 Å². The van der Waals surface area contributed by atoms with E-state index in [1.54, 1.807) is 0 Å². The van der Waals surface area contributed by atoms with Crippen LogP contribution in [-0.4, -0.2) is 44.7 Å². The second-order valence-electron chi connectivity index (χ2n) is 6.43.